The Bertz CT molecular complexity index is 397. The Kier molecular flexibility index (Phi) is 5.28. The van der Waals surface area contributed by atoms with Gasteiger partial charge in [-0.1, -0.05) is 29.8 Å². The van der Waals surface area contributed by atoms with Crippen molar-refractivity contribution in [2.75, 3.05) is 18.8 Å². The third kappa shape index (κ3) is 4.50. The first-order valence-electron chi connectivity index (χ1n) is 7.32. The monoisotopic (exact) mass is 324 g/mol. The molecule has 1 heterocycles. The average Bonchev–Trinajstić information content (AvgIpc) is 2.53. The average molecular weight is 325 g/mol. The fourth-order valence-electron chi connectivity index (χ4n) is 3.03. The SMILES string of the molecule is CC(C)C1CCCN(Cc2cc(N)cc(Br)c2)CC1. The van der Waals surface area contributed by atoms with Gasteiger partial charge in [-0.2, -0.15) is 0 Å². The Hall–Kier alpha value is -0.540. The third-order valence-electron chi connectivity index (χ3n) is 4.19. The number of nitrogens with two attached hydrogens (primary N) is 1. The maximum absolute atomic E-state index is 5.91. The van der Waals surface area contributed by atoms with Crippen molar-refractivity contribution in [3.05, 3.63) is 28.2 Å². The second-order valence-electron chi connectivity index (χ2n) is 6.10. The van der Waals surface area contributed by atoms with Crippen LogP contribution in [0.25, 0.3) is 0 Å². The molecule has 0 spiro atoms. The van der Waals surface area contributed by atoms with Gasteiger partial charge in [0.25, 0.3) is 0 Å². The lowest BCUT2D eigenvalue weighted by Crippen LogP contribution is -2.24. The molecule has 0 aromatic heterocycles. The van der Waals surface area contributed by atoms with Crippen LogP contribution in [-0.2, 0) is 6.54 Å². The number of likely N-dealkylation sites (tertiary alicyclic amines) is 1. The largest absolute Gasteiger partial charge is 0.399 e. The standard InChI is InChI=1S/C16H25BrN2/c1-12(2)14-4-3-6-19(7-5-14)11-13-8-15(17)10-16(18)9-13/h8-10,12,14H,3-7,11,18H2,1-2H3. The molecular formula is C16H25BrN2. The van der Waals surface area contributed by atoms with E-state index < -0.39 is 0 Å². The zero-order chi connectivity index (χ0) is 13.8. The third-order valence-corrected chi connectivity index (χ3v) is 4.65. The highest BCUT2D eigenvalue weighted by Gasteiger charge is 2.19. The van der Waals surface area contributed by atoms with E-state index in [1.54, 1.807) is 0 Å². The molecule has 3 heteroatoms. The smallest absolute Gasteiger partial charge is 0.0328 e. The van der Waals surface area contributed by atoms with E-state index in [9.17, 15) is 0 Å². The van der Waals surface area contributed by atoms with Crippen LogP contribution in [-0.4, -0.2) is 18.0 Å². The molecule has 2 N–H and O–H groups in total. The van der Waals surface area contributed by atoms with Gasteiger partial charge in [0.1, 0.15) is 0 Å². The lowest BCUT2D eigenvalue weighted by Gasteiger charge is -2.21. The number of benzene rings is 1. The summed E-state index contributed by atoms with van der Waals surface area (Å²) < 4.78 is 1.08. The summed E-state index contributed by atoms with van der Waals surface area (Å²) in [5, 5.41) is 0. The molecular weight excluding hydrogens is 300 g/mol. The number of nitrogen functional groups attached to an aromatic ring is 1. The van der Waals surface area contributed by atoms with Gasteiger partial charge in [-0.3, -0.25) is 4.90 Å². The predicted molar refractivity (Wildman–Crippen MR) is 86.0 cm³/mol. The molecule has 1 saturated heterocycles. The summed E-state index contributed by atoms with van der Waals surface area (Å²) in [6.45, 7) is 8.17. The van der Waals surface area contributed by atoms with Crippen LogP contribution in [0, 0.1) is 11.8 Å². The van der Waals surface area contributed by atoms with Gasteiger partial charge < -0.3 is 5.73 Å². The normalized spacial score (nSPS) is 21.6. The van der Waals surface area contributed by atoms with E-state index in [0.29, 0.717) is 0 Å². The summed E-state index contributed by atoms with van der Waals surface area (Å²) >= 11 is 3.52. The van der Waals surface area contributed by atoms with Gasteiger partial charge in [-0.25, -0.2) is 0 Å². The maximum Gasteiger partial charge on any atom is 0.0328 e. The first kappa shape index (κ1) is 14.9. The molecule has 1 aliphatic rings. The molecule has 2 nitrogen and oxygen atoms in total. The molecule has 1 aromatic carbocycles. The van der Waals surface area contributed by atoms with E-state index in [-0.39, 0.29) is 0 Å². The summed E-state index contributed by atoms with van der Waals surface area (Å²) in [7, 11) is 0. The van der Waals surface area contributed by atoms with Crippen LogP contribution in [0.5, 0.6) is 0 Å². The molecule has 1 atom stereocenters. The minimum absolute atomic E-state index is 0.821. The van der Waals surface area contributed by atoms with Crippen molar-refractivity contribution in [1.82, 2.24) is 4.90 Å². The van der Waals surface area contributed by atoms with E-state index >= 15 is 0 Å². The summed E-state index contributed by atoms with van der Waals surface area (Å²) in [5.74, 6) is 1.72. The maximum atomic E-state index is 5.91. The number of rotatable bonds is 3. The zero-order valence-electron chi connectivity index (χ0n) is 12.0. The lowest BCUT2D eigenvalue weighted by molar-refractivity contribution is 0.265. The molecule has 0 amide bonds. The number of nitrogens with zero attached hydrogens (tertiary/aromatic N) is 1. The van der Waals surface area contributed by atoms with Gasteiger partial charge >= 0.3 is 0 Å². The number of anilines is 1. The highest BCUT2D eigenvalue weighted by Crippen LogP contribution is 2.26. The van der Waals surface area contributed by atoms with Gasteiger partial charge in [0.2, 0.25) is 0 Å². The molecule has 0 saturated carbocycles. The molecule has 1 aliphatic heterocycles. The van der Waals surface area contributed by atoms with E-state index in [1.807, 2.05) is 6.07 Å². The van der Waals surface area contributed by atoms with Crippen molar-refractivity contribution in [2.24, 2.45) is 11.8 Å². The van der Waals surface area contributed by atoms with Crippen LogP contribution in [0.1, 0.15) is 38.7 Å². The first-order chi connectivity index (χ1) is 9.04. The fraction of sp³-hybridized carbons (Fsp3) is 0.625. The highest BCUT2D eigenvalue weighted by atomic mass is 79.9. The predicted octanol–water partition coefficient (Wildman–Crippen LogP) is 4.29. The molecule has 106 valence electrons. The topological polar surface area (TPSA) is 29.3 Å². The zero-order valence-corrected chi connectivity index (χ0v) is 13.6. The van der Waals surface area contributed by atoms with Crippen molar-refractivity contribution in [1.29, 1.82) is 0 Å². The van der Waals surface area contributed by atoms with Crippen molar-refractivity contribution in [3.63, 3.8) is 0 Å². The highest BCUT2D eigenvalue weighted by molar-refractivity contribution is 9.10. The summed E-state index contributed by atoms with van der Waals surface area (Å²) in [6.07, 6.45) is 4.04. The molecule has 0 bridgehead atoms. The number of hydrogen-bond donors (Lipinski definition) is 1. The molecule has 1 fully saturated rings. The fourth-order valence-corrected chi connectivity index (χ4v) is 3.59. The molecule has 0 radical (unpaired) electrons. The van der Waals surface area contributed by atoms with Crippen molar-refractivity contribution in [2.45, 2.75) is 39.7 Å². The van der Waals surface area contributed by atoms with Gasteiger partial charge in [0, 0.05) is 16.7 Å². The second kappa shape index (κ2) is 6.76. The molecule has 2 rings (SSSR count). The van der Waals surface area contributed by atoms with E-state index in [4.69, 9.17) is 5.73 Å². The molecule has 19 heavy (non-hydrogen) atoms. The number of hydrogen-bond acceptors (Lipinski definition) is 2. The van der Waals surface area contributed by atoms with Crippen LogP contribution >= 0.6 is 15.9 Å². The van der Waals surface area contributed by atoms with Crippen LogP contribution in [0.15, 0.2) is 22.7 Å². The Labute approximate surface area is 125 Å². The summed E-state index contributed by atoms with van der Waals surface area (Å²) in [6, 6.07) is 6.23. The molecule has 0 aliphatic carbocycles. The Balaban J connectivity index is 1.95. The lowest BCUT2D eigenvalue weighted by atomic mass is 9.89. The minimum atomic E-state index is 0.821. The van der Waals surface area contributed by atoms with E-state index in [0.717, 1.165) is 28.5 Å². The summed E-state index contributed by atoms with van der Waals surface area (Å²) in [5.41, 5.74) is 8.07. The van der Waals surface area contributed by atoms with Gasteiger partial charge in [-0.05, 0) is 68.0 Å². The first-order valence-corrected chi connectivity index (χ1v) is 8.11. The van der Waals surface area contributed by atoms with Gasteiger partial charge in [0.15, 0.2) is 0 Å². The van der Waals surface area contributed by atoms with Crippen molar-refractivity contribution < 1.29 is 0 Å². The number of halogens is 1. The molecule has 1 aromatic rings. The minimum Gasteiger partial charge on any atom is -0.399 e. The second-order valence-corrected chi connectivity index (χ2v) is 7.02. The van der Waals surface area contributed by atoms with Crippen LogP contribution in [0.2, 0.25) is 0 Å². The van der Waals surface area contributed by atoms with Crippen LogP contribution in [0.3, 0.4) is 0 Å². The van der Waals surface area contributed by atoms with E-state index in [1.165, 1.54) is 37.9 Å². The van der Waals surface area contributed by atoms with Gasteiger partial charge in [-0.15, -0.1) is 0 Å². The summed E-state index contributed by atoms with van der Waals surface area (Å²) in [4.78, 5) is 2.57. The van der Waals surface area contributed by atoms with Crippen molar-refractivity contribution in [3.8, 4) is 0 Å². The van der Waals surface area contributed by atoms with Crippen molar-refractivity contribution >= 4 is 21.6 Å². The Morgan fingerprint density at radius 1 is 1.26 bits per heavy atom. The van der Waals surface area contributed by atoms with Crippen LogP contribution < -0.4 is 5.73 Å². The Morgan fingerprint density at radius 3 is 2.74 bits per heavy atom. The van der Waals surface area contributed by atoms with Crippen LogP contribution in [0.4, 0.5) is 5.69 Å². The Morgan fingerprint density at radius 2 is 2.05 bits per heavy atom. The van der Waals surface area contributed by atoms with Gasteiger partial charge in [0.05, 0.1) is 0 Å². The molecule has 1 unspecified atom stereocenters. The quantitative estimate of drug-likeness (QED) is 0.840. The van der Waals surface area contributed by atoms with E-state index in [2.05, 4.69) is 46.8 Å².